The molecular formula is C18H19NO2. The molecule has 1 aliphatic rings. The van der Waals surface area contributed by atoms with Crippen molar-refractivity contribution in [2.75, 3.05) is 0 Å². The third-order valence-electron chi connectivity index (χ3n) is 4.76. The lowest BCUT2D eigenvalue weighted by Gasteiger charge is -2.42. The zero-order valence-corrected chi connectivity index (χ0v) is 12.8. The van der Waals surface area contributed by atoms with Gasteiger partial charge < -0.3 is 0 Å². The van der Waals surface area contributed by atoms with E-state index >= 15 is 0 Å². The Hall–Kier alpha value is -2.16. The van der Waals surface area contributed by atoms with Crippen molar-refractivity contribution in [2.45, 2.75) is 33.2 Å². The molecule has 2 aromatic rings. The van der Waals surface area contributed by atoms with Crippen LogP contribution >= 0.6 is 0 Å². The molecule has 1 aliphatic heterocycles. The molecule has 0 unspecified atom stereocenters. The molecule has 0 saturated carbocycles. The van der Waals surface area contributed by atoms with Crippen molar-refractivity contribution in [3.05, 3.63) is 47.5 Å². The van der Waals surface area contributed by atoms with E-state index in [1.54, 1.807) is 0 Å². The van der Waals surface area contributed by atoms with Gasteiger partial charge in [-0.05, 0) is 37.3 Å². The van der Waals surface area contributed by atoms with E-state index in [1.807, 2.05) is 64.1 Å². The van der Waals surface area contributed by atoms with Crippen LogP contribution in [0, 0.1) is 5.92 Å². The van der Waals surface area contributed by atoms with Gasteiger partial charge in [0, 0.05) is 22.1 Å². The number of carbonyl (C=O) groups is 2. The standard InChI is InChI=1S/C18H19NO2/c1-11(2)18(3,4)19-16(20)13-9-5-7-12-8-6-10-14(15(12)13)17(19)21/h5-11H,1-4H3. The summed E-state index contributed by atoms with van der Waals surface area (Å²) in [4.78, 5) is 27.2. The van der Waals surface area contributed by atoms with Gasteiger partial charge in [-0.3, -0.25) is 14.5 Å². The van der Waals surface area contributed by atoms with E-state index in [-0.39, 0.29) is 17.7 Å². The van der Waals surface area contributed by atoms with Crippen LogP contribution in [-0.4, -0.2) is 22.3 Å². The zero-order chi connectivity index (χ0) is 15.4. The average Bonchev–Trinajstić information content (AvgIpc) is 2.44. The predicted octanol–water partition coefficient (Wildman–Crippen LogP) is 3.87. The van der Waals surface area contributed by atoms with Gasteiger partial charge in [-0.2, -0.15) is 0 Å². The van der Waals surface area contributed by atoms with Crippen molar-refractivity contribution in [2.24, 2.45) is 5.92 Å². The molecule has 0 radical (unpaired) electrons. The molecule has 0 fully saturated rings. The number of amides is 2. The van der Waals surface area contributed by atoms with Crippen LogP contribution in [0.2, 0.25) is 0 Å². The minimum atomic E-state index is -0.524. The first-order valence-corrected chi connectivity index (χ1v) is 7.26. The fourth-order valence-corrected chi connectivity index (χ4v) is 2.81. The summed E-state index contributed by atoms with van der Waals surface area (Å²) >= 11 is 0. The first-order valence-electron chi connectivity index (χ1n) is 7.26. The van der Waals surface area contributed by atoms with Crippen molar-refractivity contribution in [1.82, 2.24) is 4.90 Å². The second kappa shape index (κ2) is 4.42. The number of imide groups is 1. The molecule has 0 spiro atoms. The third kappa shape index (κ3) is 1.80. The van der Waals surface area contributed by atoms with Gasteiger partial charge in [0.1, 0.15) is 0 Å². The van der Waals surface area contributed by atoms with Crippen LogP contribution in [0.15, 0.2) is 36.4 Å². The van der Waals surface area contributed by atoms with Crippen molar-refractivity contribution < 1.29 is 9.59 Å². The highest BCUT2D eigenvalue weighted by Gasteiger charge is 2.42. The lowest BCUT2D eigenvalue weighted by atomic mass is 9.84. The Morgan fingerprint density at radius 1 is 0.905 bits per heavy atom. The molecule has 3 rings (SSSR count). The molecule has 1 heterocycles. The van der Waals surface area contributed by atoms with Crippen LogP contribution in [-0.2, 0) is 0 Å². The predicted molar refractivity (Wildman–Crippen MR) is 83.4 cm³/mol. The molecule has 2 amide bonds. The van der Waals surface area contributed by atoms with Crippen LogP contribution in [0.1, 0.15) is 48.4 Å². The van der Waals surface area contributed by atoms with E-state index in [1.165, 1.54) is 4.90 Å². The molecule has 0 atom stereocenters. The summed E-state index contributed by atoms with van der Waals surface area (Å²) in [6.07, 6.45) is 0. The van der Waals surface area contributed by atoms with Crippen LogP contribution in [0.3, 0.4) is 0 Å². The number of carbonyl (C=O) groups excluding carboxylic acids is 2. The van der Waals surface area contributed by atoms with Gasteiger partial charge in [0.05, 0.1) is 0 Å². The van der Waals surface area contributed by atoms with Crippen LogP contribution in [0.4, 0.5) is 0 Å². The maximum Gasteiger partial charge on any atom is 0.261 e. The molecule has 0 saturated heterocycles. The summed E-state index contributed by atoms with van der Waals surface area (Å²) in [7, 11) is 0. The number of hydrogen-bond acceptors (Lipinski definition) is 2. The molecule has 108 valence electrons. The minimum absolute atomic E-state index is 0.176. The maximum absolute atomic E-state index is 12.9. The maximum atomic E-state index is 12.9. The Kier molecular flexibility index (Phi) is 2.90. The Balaban J connectivity index is 2.30. The summed E-state index contributed by atoms with van der Waals surface area (Å²) in [6.45, 7) is 7.95. The average molecular weight is 281 g/mol. The molecule has 0 aliphatic carbocycles. The van der Waals surface area contributed by atoms with Gasteiger partial charge in [-0.1, -0.05) is 38.1 Å². The van der Waals surface area contributed by atoms with Crippen molar-refractivity contribution in [3.63, 3.8) is 0 Å². The fraction of sp³-hybridized carbons (Fsp3) is 0.333. The molecular weight excluding hydrogens is 262 g/mol. The molecule has 3 heteroatoms. The van der Waals surface area contributed by atoms with E-state index < -0.39 is 5.54 Å². The lowest BCUT2D eigenvalue weighted by Crippen LogP contribution is -2.55. The molecule has 21 heavy (non-hydrogen) atoms. The van der Waals surface area contributed by atoms with Crippen LogP contribution < -0.4 is 0 Å². The van der Waals surface area contributed by atoms with Crippen molar-refractivity contribution in [1.29, 1.82) is 0 Å². The number of rotatable bonds is 2. The Labute approximate surface area is 124 Å². The zero-order valence-electron chi connectivity index (χ0n) is 12.8. The van der Waals surface area contributed by atoms with E-state index in [2.05, 4.69) is 0 Å². The first kappa shape index (κ1) is 13.8. The van der Waals surface area contributed by atoms with Crippen molar-refractivity contribution >= 4 is 22.6 Å². The van der Waals surface area contributed by atoms with Gasteiger partial charge in [-0.25, -0.2) is 0 Å². The summed E-state index contributed by atoms with van der Waals surface area (Å²) < 4.78 is 0. The van der Waals surface area contributed by atoms with Crippen LogP contribution in [0.5, 0.6) is 0 Å². The normalized spacial score (nSPS) is 15.2. The van der Waals surface area contributed by atoms with Gasteiger partial charge in [0.25, 0.3) is 11.8 Å². The van der Waals surface area contributed by atoms with E-state index in [0.717, 1.165) is 10.8 Å². The SMILES string of the molecule is CC(C)C(C)(C)N1C(=O)c2cccc3cccc(c23)C1=O. The van der Waals surface area contributed by atoms with Crippen LogP contribution in [0.25, 0.3) is 10.8 Å². The first-order chi connectivity index (χ1) is 9.85. The highest BCUT2D eigenvalue weighted by Crippen LogP contribution is 2.35. The summed E-state index contributed by atoms with van der Waals surface area (Å²) in [5.41, 5.74) is 0.719. The Morgan fingerprint density at radius 3 is 1.81 bits per heavy atom. The Bertz CT molecular complexity index is 708. The van der Waals surface area contributed by atoms with Gasteiger partial charge in [0.15, 0.2) is 0 Å². The highest BCUT2D eigenvalue weighted by molar-refractivity contribution is 6.25. The fourth-order valence-electron chi connectivity index (χ4n) is 2.81. The molecule has 2 aromatic carbocycles. The smallest absolute Gasteiger partial charge is 0.261 e. The number of nitrogens with zero attached hydrogens (tertiary/aromatic N) is 1. The quantitative estimate of drug-likeness (QED) is 0.784. The lowest BCUT2D eigenvalue weighted by molar-refractivity contribution is 0.0348. The third-order valence-corrected chi connectivity index (χ3v) is 4.76. The summed E-state index contributed by atoms with van der Waals surface area (Å²) in [6, 6.07) is 11.2. The molecule has 3 nitrogen and oxygen atoms in total. The largest absolute Gasteiger partial charge is 0.269 e. The van der Waals surface area contributed by atoms with E-state index in [9.17, 15) is 9.59 Å². The second-order valence-electron chi connectivity index (χ2n) is 6.46. The van der Waals surface area contributed by atoms with Gasteiger partial charge in [0.2, 0.25) is 0 Å². The minimum Gasteiger partial charge on any atom is -0.269 e. The summed E-state index contributed by atoms with van der Waals surface area (Å²) in [5, 5.41) is 1.72. The van der Waals surface area contributed by atoms with Crippen molar-refractivity contribution in [3.8, 4) is 0 Å². The second-order valence-corrected chi connectivity index (χ2v) is 6.46. The monoisotopic (exact) mass is 281 g/mol. The highest BCUT2D eigenvalue weighted by atomic mass is 16.2. The molecule has 0 N–H and O–H groups in total. The summed E-state index contributed by atoms with van der Waals surface area (Å²) in [5.74, 6) is -0.208. The Morgan fingerprint density at radius 2 is 1.38 bits per heavy atom. The number of benzene rings is 2. The topological polar surface area (TPSA) is 37.4 Å². The van der Waals surface area contributed by atoms with Gasteiger partial charge >= 0.3 is 0 Å². The molecule has 0 aromatic heterocycles. The van der Waals surface area contributed by atoms with E-state index in [0.29, 0.717) is 11.1 Å². The van der Waals surface area contributed by atoms with E-state index in [4.69, 9.17) is 0 Å². The number of hydrogen-bond donors (Lipinski definition) is 0. The van der Waals surface area contributed by atoms with Gasteiger partial charge in [-0.15, -0.1) is 0 Å². The molecule has 0 bridgehead atoms.